The highest BCUT2D eigenvalue weighted by Crippen LogP contribution is 2.18. The van der Waals surface area contributed by atoms with Gasteiger partial charge in [0.2, 0.25) is 6.08 Å². The first-order chi connectivity index (χ1) is 6.79. The molecule has 4 nitrogen and oxygen atoms in total. The van der Waals surface area contributed by atoms with Crippen molar-refractivity contribution in [2.45, 2.75) is 6.92 Å². The molecule has 0 atom stereocenters. The van der Waals surface area contributed by atoms with E-state index in [0.29, 0.717) is 12.4 Å². The Kier molecular flexibility index (Phi) is 3.58. The zero-order valence-corrected chi connectivity index (χ0v) is 7.69. The van der Waals surface area contributed by atoms with Crippen molar-refractivity contribution in [3.05, 3.63) is 29.8 Å². The third-order valence-electron chi connectivity index (χ3n) is 1.56. The monoisotopic (exact) mass is 191 g/mol. The van der Waals surface area contributed by atoms with Crippen molar-refractivity contribution in [1.29, 1.82) is 0 Å². The maximum atomic E-state index is 11.2. The molecule has 1 rings (SSSR count). The van der Waals surface area contributed by atoms with Crippen LogP contribution >= 0.6 is 0 Å². The number of hydrogen-bond donors (Lipinski definition) is 0. The predicted molar refractivity (Wildman–Crippen MR) is 50.1 cm³/mol. The van der Waals surface area contributed by atoms with Gasteiger partial charge in [0.15, 0.2) is 0 Å². The van der Waals surface area contributed by atoms with Crippen LogP contribution in [0.5, 0.6) is 5.75 Å². The van der Waals surface area contributed by atoms with E-state index >= 15 is 0 Å². The molecule has 0 aliphatic heterocycles. The van der Waals surface area contributed by atoms with E-state index in [1.807, 2.05) is 6.92 Å². The Morgan fingerprint density at radius 2 is 2.21 bits per heavy atom. The second-order valence-electron chi connectivity index (χ2n) is 2.44. The number of rotatable bonds is 3. The van der Waals surface area contributed by atoms with Crippen molar-refractivity contribution in [2.75, 3.05) is 6.61 Å². The molecule has 72 valence electrons. The number of para-hydroxylation sites is 1. The van der Waals surface area contributed by atoms with Crippen LogP contribution in [-0.4, -0.2) is 18.6 Å². The lowest BCUT2D eigenvalue weighted by Gasteiger charge is -2.05. The lowest BCUT2D eigenvalue weighted by atomic mass is 10.2. The predicted octanol–water partition coefficient (Wildman–Crippen LogP) is 1.56. The molecule has 0 bridgehead atoms. The minimum Gasteiger partial charge on any atom is -0.493 e. The molecule has 0 radical (unpaired) electrons. The molecule has 14 heavy (non-hydrogen) atoms. The highest BCUT2D eigenvalue weighted by atomic mass is 16.5. The van der Waals surface area contributed by atoms with Crippen molar-refractivity contribution in [3.8, 4) is 5.75 Å². The van der Waals surface area contributed by atoms with Gasteiger partial charge in [-0.25, -0.2) is 4.79 Å². The summed E-state index contributed by atoms with van der Waals surface area (Å²) < 4.78 is 5.19. The molecular weight excluding hydrogens is 182 g/mol. The maximum Gasteiger partial charge on any atom is 0.291 e. The highest BCUT2D eigenvalue weighted by molar-refractivity contribution is 5.99. The topological polar surface area (TPSA) is 55.7 Å². The fourth-order valence-corrected chi connectivity index (χ4v) is 1.03. The van der Waals surface area contributed by atoms with Crippen LogP contribution in [0.25, 0.3) is 0 Å². The van der Waals surface area contributed by atoms with Gasteiger partial charge in [-0.15, -0.1) is 4.99 Å². The van der Waals surface area contributed by atoms with Gasteiger partial charge >= 0.3 is 0 Å². The van der Waals surface area contributed by atoms with Gasteiger partial charge < -0.3 is 4.74 Å². The number of carbonyl (C=O) groups is 1. The summed E-state index contributed by atoms with van der Waals surface area (Å²) >= 11 is 0. The number of hydrogen-bond acceptors (Lipinski definition) is 3. The molecule has 0 fully saturated rings. The third-order valence-corrected chi connectivity index (χ3v) is 1.56. The van der Waals surface area contributed by atoms with Gasteiger partial charge in [0.1, 0.15) is 5.75 Å². The summed E-state index contributed by atoms with van der Waals surface area (Å²) in [4.78, 5) is 24.1. The number of nitrogens with zero attached hydrogens (tertiary/aromatic N) is 1. The quantitative estimate of drug-likeness (QED) is 0.538. The molecule has 1 aromatic carbocycles. The second-order valence-corrected chi connectivity index (χ2v) is 2.44. The largest absolute Gasteiger partial charge is 0.493 e. The first-order valence-electron chi connectivity index (χ1n) is 4.13. The minimum atomic E-state index is -0.635. The van der Waals surface area contributed by atoms with Crippen molar-refractivity contribution >= 4 is 12.0 Å². The minimum absolute atomic E-state index is 0.276. The first-order valence-corrected chi connectivity index (χ1v) is 4.13. The van der Waals surface area contributed by atoms with Gasteiger partial charge in [-0.2, -0.15) is 0 Å². The summed E-state index contributed by atoms with van der Waals surface area (Å²) in [6.07, 6.45) is 1.21. The molecule has 1 amide bonds. The van der Waals surface area contributed by atoms with E-state index in [9.17, 15) is 9.59 Å². The normalized spacial score (nSPS) is 8.93. The van der Waals surface area contributed by atoms with Crippen LogP contribution in [0, 0.1) is 0 Å². The molecule has 0 spiro atoms. The van der Waals surface area contributed by atoms with E-state index in [2.05, 4.69) is 4.99 Å². The van der Waals surface area contributed by atoms with Crippen molar-refractivity contribution in [1.82, 2.24) is 0 Å². The average molecular weight is 191 g/mol. The van der Waals surface area contributed by atoms with Crippen LogP contribution in [0.4, 0.5) is 0 Å². The van der Waals surface area contributed by atoms with E-state index in [0.717, 1.165) is 0 Å². The smallest absolute Gasteiger partial charge is 0.291 e. The van der Waals surface area contributed by atoms with E-state index in [4.69, 9.17) is 4.74 Å². The van der Waals surface area contributed by atoms with Crippen molar-refractivity contribution in [2.24, 2.45) is 4.99 Å². The van der Waals surface area contributed by atoms with Gasteiger partial charge in [0, 0.05) is 0 Å². The van der Waals surface area contributed by atoms with Crippen LogP contribution in [0.2, 0.25) is 0 Å². The number of benzene rings is 1. The zero-order chi connectivity index (χ0) is 10.4. The van der Waals surface area contributed by atoms with E-state index in [1.165, 1.54) is 6.08 Å². The Hall–Kier alpha value is -1.93. The van der Waals surface area contributed by atoms with Gasteiger partial charge in [-0.3, -0.25) is 4.79 Å². The molecule has 0 heterocycles. The summed E-state index contributed by atoms with van der Waals surface area (Å²) in [6.45, 7) is 2.26. The van der Waals surface area contributed by atoms with E-state index in [-0.39, 0.29) is 5.56 Å². The molecule has 1 aromatic rings. The number of amides is 1. The Morgan fingerprint density at radius 1 is 1.50 bits per heavy atom. The second kappa shape index (κ2) is 4.94. The van der Waals surface area contributed by atoms with Crippen LogP contribution < -0.4 is 4.74 Å². The molecule has 0 saturated carbocycles. The summed E-state index contributed by atoms with van der Waals surface area (Å²) in [5, 5.41) is 0. The van der Waals surface area contributed by atoms with Crippen LogP contribution in [-0.2, 0) is 4.79 Å². The van der Waals surface area contributed by atoms with E-state index in [1.54, 1.807) is 24.3 Å². The van der Waals surface area contributed by atoms with Gasteiger partial charge in [-0.05, 0) is 19.1 Å². The average Bonchev–Trinajstić information content (AvgIpc) is 2.19. The third kappa shape index (κ3) is 2.28. The van der Waals surface area contributed by atoms with Crippen LogP contribution in [0.1, 0.15) is 17.3 Å². The SMILES string of the molecule is CCOc1ccccc1C(=O)N=C=O. The molecule has 0 N–H and O–H groups in total. The fourth-order valence-electron chi connectivity index (χ4n) is 1.03. The van der Waals surface area contributed by atoms with Gasteiger partial charge in [0.05, 0.1) is 12.2 Å². The molecule has 0 aromatic heterocycles. The fraction of sp³-hybridized carbons (Fsp3) is 0.200. The summed E-state index contributed by atoms with van der Waals surface area (Å²) in [5.41, 5.74) is 0.276. The summed E-state index contributed by atoms with van der Waals surface area (Å²) in [6, 6.07) is 6.62. The lowest BCUT2D eigenvalue weighted by Crippen LogP contribution is -2.01. The molecule has 0 aliphatic rings. The Balaban J connectivity index is 3.05. The molecule has 4 heteroatoms. The van der Waals surface area contributed by atoms with Gasteiger partial charge in [-0.1, -0.05) is 12.1 Å². The van der Waals surface area contributed by atoms with Crippen molar-refractivity contribution in [3.63, 3.8) is 0 Å². The Labute approximate surface area is 81.2 Å². The Bertz CT molecular complexity index is 381. The summed E-state index contributed by atoms with van der Waals surface area (Å²) in [5.74, 6) is -0.206. The molecular formula is C10H9NO3. The standard InChI is InChI=1S/C10H9NO3/c1-2-14-9-6-4-3-5-8(9)10(13)11-7-12/h3-6H,2H2,1H3. The number of carbonyl (C=O) groups excluding carboxylic acids is 2. The highest BCUT2D eigenvalue weighted by Gasteiger charge is 2.09. The first kappa shape index (κ1) is 10.2. The number of ether oxygens (including phenoxy) is 1. The molecule has 0 aliphatic carbocycles. The van der Waals surface area contributed by atoms with Crippen LogP contribution in [0.15, 0.2) is 29.3 Å². The van der Waals surface area contributed by atoms with Gasteiger partial charge in [0.25, 0.3) is 5.91 Å². The summed E-state index contributed by atoms with van der Waals surface area (Å²) in [7, 11) is 0. The Morgan fingerprint density at radius 3 is 2.86 bits per heavy atom. The maximum absolute atomic E-state index is 11.2. The molecule has 0 unspecified atom stereocenters. The number of aliphatic imine (C=N–C) groups is 1. The molecule has 0 saturated heterocycles. The van der Waals surface area contributed by atoms with Crippen molar-refractivity contribution < 1.29 is 14.3 Å². The van der Waals surface area contributed by atoms with E-state index < -0.39 is 5.91 Å². The van der Waals surface area contributed by atoms with Crippen LogP contribution in [0.3, 0.4) is 0 Å². The lowest BCUT2D eigenvalue weighted by molar-refractivity contribution is 0.0999. The zero-order valence-electron chi connectivity index (χ0n) is 7.69. The number of isocyanates is 1.